The van der Waals surface area contributed by atoms with Gasteiger partial charge in [0.25, 0.3) is 5.91 Å². The minimum atomic E-state index is -1.61. The minimum absolute atomic E-state index is 0.0412. The average molecular weight is 484 g/mol. The van der Waals surface area contributed by atoms with Crippen molar-refractivity contribution in [2.75, 3.05) is 13.7 Å². The van der Waals surface area contributed by atoms with Crippen molar-refractivity contribution < 1.29 is 38.9 Å². The molecule has 12 nitrogen and oxygen atoms in total. The first kappa shape index (κ1) is 25.0. The first-order valence-electron chi connectivity index (χ1n) is 10.5. The molecule has 1 aliphatic heterocycles. The molecule has 35 heavy (non-hydrogen) atoms. The number of likely N-dealkylation sites (N-methyl/N-ethyl adjacent to an activating group) is 1. The maximum atomic E-state index is 13.1. The number of nitrogens with zero attached hydrogens (tertiary/aromatic N) is 2. The number of benzene rings is 2. The van der Waals surface area contributed by atoms with Crippen molar-refractivity contribution in [3.63, 3.8) is 0 Å². The highest BCUT2D eigenvalue weighted by molar-refractivity contribution is 6.01. The molecule has 1 atom stereocenters. The predicted molar refractivity (Wildman–Crippen MR) is 123 cm³/mol. The van der Waals surface area contributed by atoms with E-state index in [1.807, 2.05) is 0 Å². The third-order valence-corrected chi connectivity index (χ3v) is 5.26. The highest BCUT2D eigenvalue weighted by Gasteiger charge is 2.32. The van der Waals surface area contributed by atoms with Gasteiger partial charge in [-0.25, -0.2) is 14.6 Å². The van der Waals surface area contributed by atoms with Gasteiger partial charge in [0.15, 0.2) is 17.5 Å². The summed E-state index contributed by atoms with van der Waals surface area (Å²) < 4.78 is 11.3. The van der Waals surface area contributed by atoms with Crippen LogP contribution in [-0.2, 0) is 16.0 Å². The molecule has 0 spiro atoms. The normalized spacial score (nSPS) is 13.7. The summed E-state index contributed by atoms with van der Waals surface area (Å²) in [5.41, 5.74) is 12.2. The summed E-state index contributed by atoms with van der Waals surface area (Å²) in [6, 6.07) is 7.42. The zero-order valence-corrected chi connectivity index (χ0v) is 18.8. The molecular weight excluding hydrogens is 460 g/mol. The third kappa shape index (κ3) is 5.85. The summed E-state index contributed by atoms with van der Waals surface area (Å²) in [6.07, 6.45) is 0.0878. The lowest BCUT2D eigenvalue weighted by molar-refractivity contribution is -0.148. The SMILES string of the molecule is CN(C(=O)c1cccc2c1OCCCc1cc(N=C(N)N)ccc1C(=O)O2)C(CC(=O)O)C(=O)O. The first-order chi connectivity index (χ1) is 16.6. The molecule has 0 fully saturated rings. The smallest absolute Gasteiger partial charge is 0.343 e. The molecule has 0 radical (unpaired) electrons. The zero-order valence-electron chi connectivity index (χ0n) is 18.8. The van der Waals surface area contributed by atoms with Gasteiger partial charge in [0.1, 0.15) is 6.04 Å². The number of esters is 1. The molecule has 3 rings (SSSR count). The van der Waals surface area contributed by atoms with Crippen LogP contribution in [-0.4, -0.2) is 64.6 Å². The van der Waals surface area contributed by atoms with Crippen LogP contribution in [0.4, 0.5) is 5.69 Å². The largest absolute Gasteiger partial charge is 0.489 e. The maximum Gasteiger partial charge on any atom is 0.343 e. The van der Waals surface area contributed by atoms with E-state index in [0.717, 1.165) is 4.90 Å². The fraction of sp³-hybridized carbons (Fsp3) is 0.261. The minimum Gasteiger partial charge on any atom is -0.489 e. The van der Waals surface area contributed by atoms with Crippen LogP contribution < -0.4 is 20.9 Å². The van der Waals surface area contributed by atoms with E-state index < -0.39 is 36.3 Å². The predicted octanol–water partition coefficient (Wildman–Crippen LogP) is 1.14. The molecule has 0 aromatic heterocycles. The Labute approximate surface area is 199 Å². The van der Waals surface area contributed by atoms with Gasteiger partial charge in [0.05, 0.1) is 29.8 Å². The van der Waals surface area contributed by atoms with Crippen LogP contribution in [0.3, 0.4) is 0 Å². The van der Waals surface area contributed by atoms with Crippen molar-refractivity contribution in [3.05, 3.63) is 53.1 Å². The lowest BCUT2D eigenvalue weighted by Gasteiger charge is -2.25. The van der Waals surface area contributed by atoms with Gasteiger partial charge in [0.2, 0.25) is 0 Å². The topological polar surface area (TPSA) is 195 Å². The number of aliphatic imine (C=N–C) groups is 1. The number of hydrogen-bond acceptors (Lipinski definition) is 7. The standard InChI is InChI=1S/C23H24N4O8/c1-27(16(21(31)32)11-18(28)29)20(30)15-5-2-6-17-19(15)34-9-3-4-12-10-13(26-23(24)25)7-8-14(12)22(33)35-17/h2,5-8,10,16H,3-4,9,11H2,1H3,(H,28,29)(H,31,32)(H4,24,25,26). The van der Waals surface area contributed by atoms with Crippen molar-refractivity contribution in [1.82, 2.24) is 4.90 Å². The quantitative estimate of drug-likeness (QED) is 0.200. The van der Waals surface area contributed by atoms with Crippen LogP contribution in [0.15, 0.2) is 41.4 Å². The van der Waals surface area contributed by atoms with Crippen molar-refractivity contribution in [1.29, 1.82) is 0 Å². The first-order valence-corrected chi connectivity index (χ1v) is 10.5. The van der Waals surface area contributed by atoms with Crippen molar-refractivity contribution in [3.8, 4) is 11.5 Å². The van der Waals surface area contributed by atoms with Gasteiger partial charge < -0.3 is 36.1 Å². The molecule has 1 heterocycles. The molecule has 2 aromatic carbocycles. The Morgan fingerprint density at radius 3 is 2.57 bits per heavy atom. The van der Waals surface area contributed by atoms with E-state index in [1.54, 1.807) is 12.1 Å². The number of carbonyl (C=O) groups is 4. The van der Waals surface area contributed by atoms with Gasteiger partial charge in [-0.3, -0.25) is 9.59 Å². The Kier molecular flexibility index (Phi) is 7.54. The molecular formula is C23H24N4O8. The number of para-hydroxylation sites is 1. The fourth-order valence-electron chi connectivity index (χ4n) is 3.60. The average Bonchev–Trinajstić information content (AvgIpc) is 2.79. The van der Waals surface area contributed by atoms with E-state index in [-0.39, 0.29) is 35.2 Å². The molecule has 0 saturated heterocycles. The number of hydrogen-bond donors (Lipinski definition) is 4. The number of carboxylic acids is 2. The molecule has 0 aliphatic carbocycles. The van der Waals surface area contributed by atoms with Crippen LogP contribution in [0.2, 0.25) is 0 Å². The lowest BCUT2D eigenvalue weighted by atomic mass is 10.0. The highest BCUT2D eigenvalue weighted by Crippen LogP contribution is 2.34. The summed E-state index contributed by atoms with van der Waals surface area (Å²) in [5, 5.41) is 18.4. The highest BCUT2D eigenvalue weighted by atomic mass is 16.6. The van der Waals surface area contributed by atoms with Gasteiger partial charge in [-0.2, -0.15) is 0 Å². The molecule has 2 aromatic rings. The monoisotopic (exact) mass is 484 g/mol. The van der Waals surface area contributed by atoms with E-state index in [0.29, 0.717) is 24.1 Å². The third-order valence-electron chi connectivity index (χ3n) is 5.26. The number of guanidine groups is 1. The Bertz CT molecular complexity index is 1210. The number of rotatable bonds is 6. The number of carboxylic acid groups (broad SMARTS) is 2. The summed E-state index contributed by atoms with van der Waals surface area (Å²) in [7, 11) is 1.18. The second-order valence-electron chi connectivity index (χ2n) is 7.72. The van der Waals surface area contributed by atoms with Crippen molar-refractivity contribution >= 4 is 35.5 Å². The van der Waals surface area contributed by atoms with Gasteiger partial charge in [-0.05, 0) is 48.7 Å². The second-order valence-corrected chi connectivity index (χ2v) is 7.72. The van der Waals surface area contributed by atoms with Crippen LogP contribution in [0.1, 0.15) is 39.1 Å². The number of nitrogens with two attached hydrogens (primary N) is 2. The van der Waals surface area contributed by atoms with E-state index in [2.05, 4.69) is 4.99 Å². The fourth-order valence-corrected chi connectivity index (χ4v) is 3.60. The Hall–Kier alpha value is -4.61. The Morgan fingerprint density at radius 2 is 1.91 bits per heavy atom. The molecule has 1 aliphatic rings. The van der Waals surface area contributed by atoms with Gasteiger partial charge in [-0.1, -0.05) is 6.07 Å². The molecule has 184 valence electrons. The summed E-state index contributed by atoms with van der Waals surface area (Å²) >= 11 is 0. The number of aryl methyl sites for hydroxylation is 1. The van der Waals surface area contributed by atoms with Crippen molar-refractivity contribution in [2.45, 2.75) is 25.3 Å². The number of fused-ring (bicyclic) bond motifs is 2. The second kappa shape index (κ2) is 10.5. The molecule has 12 heteroatoms. The van der Waals surface area contributed by atoms with E-state index in [9.17, 15) is 24.3 Å². The number of carbonyl (C=O) groups excluding carboxylic acids is 2. The van der Waals surface area contributed by atoms with E-state index in [4.69, 9.17) is 26.0 Å². The number of ether oxygens (including phenoxy) is 2. The molecule has 0 bridgehead atoms. The van der Waals surface area contributed by atoms with Crippen LogP contribution in [0.5, 0.6) is 11.5 Å². The van der Waals surface area contributed by atoms with Crippen LogP contribution >= 0.6 is 0 Å². The molecule has 6 N–H and O–H groups in total. The Balaban J connectivity index is 1.97. The molecule has 1 unspecified atom stereocenters. The van der Waals surface area contributed by atoms with E-state index >= 15 is 0 Å². The maximum absolute atomic E-state index is 13.1. The number of aliphatic carboxylic acids is 2. The van der Waals surface area contributed by atoms with E-state index in [1.165, 1.54) is 31.3 Å². The summed E-state index contributed by atoms with van der Waals surface area (Å²) in [6.45, 7) is 0.141. The molecule has 1 amide bonds. The van der Waals surface area contributed by atoms with Crippen molar-refractivity contribution in [2.24, 2.45) is 16.5 Å². The van der Waals surface area contributed by atoms with Gasteiger partial charge >= 0.3 is 17.9 Å². The van der Waals surface area contributed by atoms with Crippen LogP contribution in [0, 0.1) is 0 Å². The number of amides is 1. The molecule has 0 saturated carbocycles. The zero-order chi connectivity index (χ0) is 25.7. The van der Waals surface area contributed by atoms with Gasteiger partial charge in [-0.15, -0.1) is 0 Å². The summed E-state index contributed by atoms with van der Waals surface area (Å²) in [5.74, 6) is -4.56. The Morgan fingerprint density at radius 1 is 1.17 bits per heavy atom. The van der Waals surface area contributed by atoms with Crippen LogP contribution in [0.25, 0.3) is 0 Å². The lowest BCUT2D eigenvalue weighted by Crippen LogP contribution is -2.43. The van der Waals surface area contributed by atoms with Gasteiger partial charge in [0, 0.05) is 7.05 Å². The summed E-state index contributed by atoms with van der Waals surface area (Å²) in [4.78, 5) is 53.5.